The monoisotopic (exact) mass is 294 g/mol. The Kier molecular flexibility index (Phi) is 9.33. The molecule has 1 aromatic heterocycles. The zero-order valence-corrected chi connectivity index (χ0v) is 13.5. The topological polar surface area (TPSA) is 73.1 Å². The van der Waals surface area contributed by atoms with Gasteiger partial charge in [0.1, 0.15) is 12.0 Å². The zero-order chi connectivity index (χ0) is 15.3. The molecule has 21 heavy (non-hydrogen) atoms. The molecule has 1 rings (SSSR count). The van der Waals surface area contributed by atoms with E-state index in [1.165, 1.54) is 51.3 Å². The molecule has 0 bridgehead atoms. The molecule has 0 aliphatic carbocycles. The smallest absolute Gasteiger partial charge is 0.242 e. The minimum atomic E-state index is 0.464. The van der Waals surface area contributed by atoms with Gasteiger partial charge in [-0.15, -0.1) is 0 Å². The molecule has 1 aromatic rings. The van der Waals surface area contributed by atoms with Crippen LogP contribution in [0.1, 0.15) is 65.2 Å². The molecule has 0 spiro atoms. The Morgan fingerprint density at radius 3 is 2.33 bits per heavy atom. The van der Waals surface area contributed by atoms with Crippen LogP contribution in [-0.2, 0) is 0 Å². The van der Waals surface area contributed by atoms with Crippen molar-refractivity contribution < 1.29 is 4.74 Å². The molecule has 0 aliphatic rings. The van der Waals surface area contributed by atoms with Crippen molar-refractivity contribution in [3.8, 4) is 5.88 Å². The van der Waals surface area contributed by atoms with Crippen molar-refractivity contribution in [1.82, 2.24) is 9.97 Å². The molecule has 0 aromatic carbocycles. The number of hydrogen-bond donors (Lipinski definition) is 2. The van der Waals surface area contributed by atoms with E-state index in [2.05, 4.69) is 22.2 Å². The first-order valence-corrected chi connectivity index (χ1v) is 8.26. The fraction of sp³-hybridized carbons (Fsp3) is 0.750. The molecular formula is C16H30N4O. The number of ether oxygens (including phenoxy) is 1. The summed E-state index contributed by atoms with van der Waals surface area (Å²) in [6.45, 7) is 5.61. The van der Waals surface area contributed by atoms with Crippen LogP contribution in [0.15, 0.2) is 6.33 Å². The van der Waals surface area contributed by atoms with E-state index in [1.54, 1.807) is 0 Å². The van der Waals surface area contributed by atoms with Crippen molar-refractivity contribution >= 4 is 11.5 Å². The number of nitrogens with one attached hydrogen (secondary N) is 1. The summed E-state index contributed by atoms with van der Waals surface area (Å²) in [4.78, 5) is 8.19. The van der Waals surface area contributed by atoms with Crippen molar-refractivity contribution in [1.29, 1.82) is 0 Å². The SMILES string of the molecule is CCCCCCCCCCNc1ncnc(OCC)c1N. The summed E-state index contributed by atoms with van der Waals surface area (Å²) in [5.74, 6) is 1.14. The van der Waals surface area contributed by atoms with Crippen LogP contribution in [0.4, 0.5) is 11.5 Å². The van der Waals surface area contributed by atoms with Crippen molar-refractivity contribution in [2.75, 3.05) is 24.2 Å². The third-order valence-electron chi connectivity index (χ3n) is 3.45. The lowest BCUT2D eigenvalue weighted by atomic mass is 10.1. The van der Waals surface area contributed by atoms with Crippen LogP contribution in [0.2, 0.25) is 0 Å². The highest BCUT2D eigenvalue weighted by Crippen LogP contribution is 2.24. The van der Waals surface area contributed by atoms with E-state index in [-0.39, 0.29) is 0 Å². The number of nitrogen functional groups attached to an aromatic ring is 1. The molecule has 5 heteroatoms. The van der Waals surface area contributed by atoms with Gasteiger partial charge in [-0.1, -0.05) is 51.9 Å². The summed E-state index contributed by atoms with van der Waals surface area (Å²) in [7, 11) is 0. The highest BCUT2D eigenvalue weighted by Gasteiger charge is 2.07. The maximum atomic E-state index is 5.97. The molecule has 0 aliphatic heterocycles. The van der Waals surface area contributed by atoms with Gasteiger partial charge in [-0.3, -0.25) is 0 Å². The number of anilines is 2. The van der Waals surface area contributed by atoms with Crippen molar-refractivity contribution in [2.24, 2.45) is 0 Å². The van der Waals surface area contributed by atoms with Gasteiger partial charge in [0, 0.05) is 6.54 Å². The molecule has 0 amide bonds. The van der Waals surface area contributed by atoms with Gasteiger partial charge >= 0.3 is 0 Å². The van der Waals surface area contributed by atoms with Gasteiger partial charge in [-0.05, 0) is 13.3 Å². The molecule has 0 unspecified atom stereocenters. The quantitative estimate of drug-likeness (QED) is 0.570. The Morgan fingerprint density at radius 1 is 1.00 bits per heavy atom. The summed E-state index contributed by atoms with van der Waals surface area (Å²) < 4.78 is 5.35. The summed E-state index contributed by atoms with van der Waals surface area (Å²) in [6.07, 6.45) is 12.0. The van der Waals surface area contributed by atoms with Gasteiger partial charge in [-0.2, -0.15) is 4.98 Å². The minimum Gasteiger partial charge on any atom is -0.476 e. The number of rotatable bonds is 12. The maximum Gasteiger partial charge on any atom is 0.242 e. The second kappa shape index (κ2) is 11.2. The lowest BCUT2D eigenvalue weighted by molar-refractivity contribution is 0.328. The summed E-state index contributed by atoms with van der Waals surface area (Å²) in [6, 6.07) is 0. The second-order valence-corrected chi connectivity index (χ2v) is 5.28. The summed E-state index contributed by atoms with van der Waals surface area (Å²) in [5, 5.41) is 3.27. The fourth-order valence-corrected chi connectivity index (χ4v) is 2.24. The Labute approximate surface area is 128 Å². The van der Waals surface area contributed by atoms with Crippen LogP contribution in [0, 0.1) is 0 Å². The lowest BCUT2D eigenvalue weighted by Crippen LogP contribution is -2.09. The van der Waals surface area contributed by atoms with Gasteiger partial charge in [-0.25, -0.2) is 4.98 Å². The van der Waals surface area contributed by atoms with E-state index >= 15 is 0 Å². The normalized spacial score (nSPS) is 10.6. The molecule has 5 nitrogen and oxygen atoms in total. The predicted molar refractivity (Wildman–Crippen MR) is 88.7 cm³/mol. The highest BCUT2D eigenvalue weighted by molar-refractivity contribution is 5.66. The molecule has 120 valence electrons. The zero-order valence-electron chi connectivity index (χ0n) is 13.5. The molecule has 3 N–H and O–H groups in total. The first kappa shape index (κ1) is 17.5. The molecule has 0 saturated carbocycles. The van der Waals surface area contributed by atoms with E-state index in [9.17, 15) is 0 Å². The van der Waals surface area contributed by atoms with Crippen LogP contribution in [-0.4, -0.2) is 23.1 Å². The van der Waals surface area contributed by atoms with Gasteiger partial charge in [0.2, 0.25) is 5.88 Å². The standard InChI is InChI=1S/C16H30N4O/c1-3-5-6-7-8-9-10-11-12-18-15-14(17)16(21-4-2)20-13-19-15/h13H,3-12,17H2,1-2H3,(H,18,19,20). The predicted octanol–water partition coefficient (Wildman–Crippen LogP) is 4.01. The molecule has 0 atom stereocenters. The number of unbranched alkanes of at least 4 members (excludes halogenated alkanes) is 7. The van der Waals surface area contributed by atoms with Crippen molar-refractivity contribution in [3.63, 3.8) is 0 Å². The largest absolute Gasteiger partial charge is 0.476 e. The van der Waals surface area contributed by atoms with Gasteiger partial charge in [0.25, 0.3) is 0 Å². The Hall–Kier alpha value is -1.52. The molecule has 0 fully saturated rings. The van der Waals surface area contributed by atoms with E-state index < -0.39 is 0 Å². The second-order valence-electron chi connectivity index (χ2n) is 5.28. The van der Waals surface area contributed by atoms with E-state index in [0.717, 1.165) is 13.0 Å². The minimum absolute atomic E-state index is 0.464. The maximum absolute atomic E-state index is 5.97. The first-order valence-electron chi connectivity index (χ1n) is 8.26. The Bertz CT molecular complexity index is 385. The highest BCUT2D eigenvalue weighted by atomic mass is 16.5. The third-order valence-corrected chi connectivity index (χ3v) is 3.45. The van der Waals surface area contributed by atoms with Crippen molar-refractivity contribution in [2.45, 2.75) is 65.2 Å². The average Bonchev–Trinajstić information content (AvgIpc) is 2.49. The summed E-state index contributed by atoms with van der Waals surface area (Å²) in [5.41, 5.74) is 6.46. The molecule has 0 saturated heterocycles. The third kappa shape index (κ3) is 7.16. The molecule has 1 heterocycles. The number of nitrogens with zero attached hydrogens (tertiary/aromatic N) is 2. The number of hydrogen-bond acceptors (Lipinski definition) is 5. The lowest BCUT2D eigenvalue weighted by Gasteiger charge is -2.10. The number of aromatic nitrogens is 2. The summed E-state index contributed by atoms with van der Waals surface area (Å²) >= 11 is 0. The number of nitrogens with two attached hydrogens (primary N) is 1. The average molecular weight is 294 g/mol. The van der Waals surface area contributed by atoms with Gasteiger partial charge < -0.3 is 15.8 Å². The molecular weight excluding hydrogens is 264 g/mol. The first-order chi connectivity index (χ1) is 10.3. The van der Waals surface area contributed by atoms with E-state index in [0.29, 0.717) is 24.0 Å². The van der Waals surface area contributed by atoms with Crippen LogP contribution < -0.4 is 15.8 Å². The van der Waals surface area contributed by atoms with Crippen LogP contribution in [0.3, 0.4) is 0 Å². The van der Waals surface area contributed by atoms with Crippen molar-refractivity contribution in [3.05, 3.63) is 6.33 Å². The fourth-order valence-electron chi connectivity index (χ4n) is 2.24. The Morgan fingerprint density at radius 2 is 1.67 bits per heavy atom. The van der Waals surface area contributed by atoms with E-state index in [1.807, 2.05) is 6.92 Å². The van der Waals surface area contributed by atoms with Crippen LogP contribution in [0.5, 0.6) is 5.88 Å². The van der Waals surface area contributed by atoms with Crippen LogP contribution >= 0.6 is 0 Å². The van der Waals surface area contributed by atoms with Gasteiger partial charge in [0.15, 0.2) is 5.82 Å². The Balaban J connectivity index is 2.14. The van der Waals surface area contributed by atoms with Crippen LogP contribution in [0.25, 0.3) is 0 Å². The van der Waals surface area contributed by atoms with E-state index in [4.69, 9.17) is 10.5 Å². The van der Waals surface area contributed by atoms with Gasteiger partial charge in [0.05, 0.1) is 6.61 Å². The molecule has 0 radical (unpaired) electrons.